The fourth-order valence-corrected chi connectivity index (χ4v) is 4.80. The number of aliphatic hydroxyl groups excluding tert-OH is 1. The Morgan fingerprint density at radius 2 is 2.03 bits per heavy atom. The maximum atomic E-state index is 15.5. The average molecular weight is 476 g/mol. The molecule has 0 amide bonds. The summed E-state index contributed by atoms with van der Waals surface area (Å²) in [5, 5.41) is 27.0. The molecule has 4 aromatic rings. The molecule has 5 rings (SSSR count). The van der Waals surface area contributed by atoms with E-state index < -0.39 is 5.82 Å². The molecule has 0 bridgehead atoms. The van der Waals surface area contributed by atoms with Crippen LogP contribution in [0.5, 0.6) is 5.75 Å². The van der Waals surface area contributed by atoms with Crippen LogP contribution in [0.1, 0.15) is 31.5 Å². The first-order valence-corrected chi connectivity index (χ1v) is 12.0. The van der Waals surface area contributed by atoms with Crippen molar-refractivity contribution >= 4 is 16.5 Å². The highest BCUT2D eigenvalue weighted by molar-refractivity contribution is 5.94. The topological polar surface area (TPSA) is 101 Å². The molecular formula is C27H30FN5O2. The van der Waals surface area contributed by atoms with E-state index in [1.165, 1.54) is 5.57 Å². The molecule has 7 nitrogen and oxygen atoms in total. The molecule has 0 saturated heterocycles. The van der Waals surface area contributed by atoms with Crippen LogP contribution in [-0.2, 0) is 6.42 Å². The molecule has 0 saturated carbocycles. The number of rotatable bonds is 7. The first kappa shape index (κ1) is 23.3. The lowest BCUT2D eigenvalue weighted by Crippen LogP contribution is -2.33. The Labute approximate surface area is 203 Å². The molecule has 35 heavy (non-hydrogen) atoms. The summed E-state index contributed by atoms with van der Waals surface area (Å²) >= 11 is 0. The second-order valence-electron chi connectivity index (χ2n) is 9.29. The maximum absolute atomic E-state index is 15.5. The molecule has 0 fully saturated rings. The number of hydrogen-bond donors (Lipinski definition) is 4. The van der Waals surface area contributed by atoms with Crippen LogP contribution in [0.15, 0.2) is 42.6 Å². The summed E-state index contributed by atoms with van der Waals surface area (Å²) in [5.74, 6) is 0.652. The molecule has 2 aromatic heterocycles. The third-order valence-electron chi connectivity index (χ3n) is 6.76. The number of nitrogens with zero attached hydrogens (tertiary/aromatic N) is 3. The number of phenolic OH excluding ortho intramolecular Hbond substituents is 1. The van der Waals surface area contributed by atoms with Crippen molar-refractivity contribution in [3.63, 3.8) is 0 Å². The normalized spacial score (nSPS) is 15.5. The van der Waals surface area contributed by atoms with Gasteiger partial charge in [-0.25, -0.2) is 9.37 Å². The van der Waals surface area contributed by atoms with Crippen molar-refractivity contribution in [1.29, 1.82) is 0 Å². The summed E-state index contributed by atoms with van der Waals surface area (Å²) in [4.78, 5) is 10.3. The number of halogens is 1. The minimum atomic E-state index is -0.399. The predicted octanol–water partition coefficient (Wildman–Crippen LogP) is 4.74. The number of nitrogens with one attached hydrogen (secondary N) is 2. The molecule has 0 aliphatic carbocycles. The molecule has 0 spiro atoms. The first-order valence-electron chi connectivity index (χ1n) is 12.0. The molecule has 3 heterocycles. The van der Waals surface area contributed by atoms with Crippen molar-refractivity contribution in [3.05, 3.63) is 59.7 Å². The molecule has 182 valence electrons. The predicted molar refractivity (Wildman–Crippen MR) is 135 cm³/mol. The Morgan fingerprint density at radius 1 is 1.20 bits per heavy atom. The third kappa shape index (κ3) is 4.47. The van der Waals surface area contributed by atoms with Gasteiger partial charge in [-0.15, -0.1) is 0 Å². The van der Waals surface area contributed by atoms with E-state index in [-0.39, 0.29) is 23.8 Å². The third-order valence-corrected chi connectivity index (χ3v) is 6.76. The molecule has 2 aromatic carbocycles. The number of aryl methyl sites for hydroxylation is 1. The monoisotopic (exact) mass is 475 g/mol. The highest BCUT2D eigenvalue weighted by Gasteiger charge is 2.20. The zero-order valence-corrected chi connectivity index (χ0v) is 20.0. The Balaban J connectivity index is 1.42. The zero-order chi connectivity index (χ0) is 24.5. The van der Waals surface area contributed by atoms with Crippen LogP contribution in [0.2, 0.25) is 0 Å². The molecule has 1 atom stereocenters. The number of phenols is 1. The molecule has 8 heteroatoms. The van der Waals surface area contributed by atoms with E-state index in [0.717, 1.165) is 42.9 Å². The summed E-state index contributed by atoms with van der Waals surface area (Å²) in [6.45, 7) is 6.88. The number of aliphatic hydroxyl groups is 1. The van der Waals surface area contributed by atoms with E-state index in [1.54, 1.807) is 24.3 Å². The minimum absolute atomic E-state index is 0.170. The number of benzene rings is 2. The minimum Gasteiger partial charge on any atom is -0.508 e. The standard InChI is InChI=1S/C27H30FN5O2/c1-3-17-12-19(35)4-5-20(17)21-6-7-22-25(24(21)28)31-32-26(22)27-29-13-23(30-27)18-8-10-33(11-9-18)14-16(2)15-34/h4-8,12-13,16,34-35H,3,9-11,14-15H2,1-2H3,(H,29,30)(H,31,32)/t16-/m1/s1. The van der Waals surface area contributed by atoms with E-state index in [4.69, 9.17) is 0 Å². The number of imidazole rings is 1. The molecule has 1 aliphatic heterocycles. The summed E-state index contributed by atoms with van der Waals surface area (Å²) in [6, 6.07) is 8.61. The molecule has 4 N–H and O–H groups in total. The van der Waals surface area contributed by atoms with Gasteiger partial charge in [0.05, 0.1) is 11.9 Å². The highest BCUT2D eigenvalue weighted by atomic mass is 19.1. The maximum Gasteiger partial charge on any atom is 0.159 e. The summed E-state index contributed by atoms with van der Waals surface area (Å²) in [5.41, 5.74) is 5.14. The molecule has 0 unspecified atom stereocenters. The lowest BCUT2D eigenvalue weighted by atomic mass is 9.96. The van der Waals surface area contributed by atoms with Gasteiger partial charge in [0.25, 0.3) is 0 Å². The number of H-pyrrole nitrogens is 2. The van der Waals surface area contributed by atoms with Gasteiger partial charge < -0.3 is 15.2 Å². The first-order chi connectivity index (χ1) is 17.0. The lowest BCUT2D eigenvalue weighted by molar-refractivity contribution is 0.181. The van der Waals surface area contributed by atoms with Gasteiger partial charge in [0, 0.05) is 37.2 Å². The highest BCUT2D eigenvalue weighted by Crippen LogP contribution is 2.35. The van der Waals surface area contributed by atoms with Crippen molar-refractivity contribution < 1.29 is 14.6 Å². The largest absolute Gasteiger partial charge is 0.508 e. The number of hydrogen-bond acceptors (Lipinski definition) is 5. The smallest absolute Gasteiger partial charge is 0.159 e. The second kappa shape index (κ2) is 9.64. The Bertz CT molecular complexity index is 1390. The van der Waals surface area contributed by atoms with Gasteiger partial charge in [-0.1, -0.05) is 32.1 Å². The summed E-state index contributed by atoms with van der Waals surface area (Å²) in [7, 11) is 0. The lowest BCUT2D eigenvalue weighted by Gasteiger charge is -2.27. The zero-order valence-electron chi connectivity index (χ0n) is 20.0. The molecule has 1 aliphatic rings. The van der Waals surface area contributed by atoms with Crippen LogP contribution >= 0.6 is 0 Å². The van der Waals surface area contributed by atoms with Crippen LogP contribution in [0, 0.1) is 11.7 Å². The van der Waals surface area contributed by atoms with E-state index in [2.05, 4.69) is 31.1 Å². The van der Waals surface area contributed by atoms with Crippen molar-refractivity contribution in [2.75, 3.05) is 26.2 Å². The Kier molecular flexibility index (Phi) is 6.40. The number of fused-ring (bicyclic) bond motifs is 1. The van der Waals surface area contributed by atoms with Crippen molar-refractivity contribution in [1.82, 2.24) is 25.1 Å². The fourth-order valence-electron chi connectivity index (χ4n) is 4.80. The molecule has 0 radical (unpaired) electrons. The van der Waals surface area contributed by atoms with Gasteiger partial charge in [0.2, 0.25) is 0 Å². The number of aromatic amines is 2. The van der Waals surface area contributed by atoms with E-state index in [0.29, 0.717) is 28.9 Å². The van der Waals surface area contributed by atoms with Gasteiger partial charge in [-0.05, 0) is 53.7 Å². The van der Waals surface area contributed by atoms with Crippen molar-refractivity contribution in [2.45, 2.75) is 26.7 Å². The van der Waals surface area contributed by atoms with Gasteiger partial charge in [0.1, 0.15) is 17.0 Å². The Hall–Kier alpha value is -3.49. The number of aromatic hydroxyl groups is 1. The van der Waals surface area contributed by atoms with Crippen LogP contribution in [0.3, 0.4) is 0 Å². The Morgan fingerprint density at radius 3 is 2.77 bits per heavy atom. The van der Waals surface area contributed by atoms with E-state index in [1.807, 2.05) is 26.1 Å². The van der Waals surface area contributed by atoms with Crippen LogP contribution in [0.25, 0.3) is 39.1 Å². The fraction of sp³-hybridized carbons (Fsp3) is 0.333. The average Bonchev–Trinajstić information content (AvgIpc) is 3.52. The number of aromatic nitrogens is 4. The van der Waals surface area contributed by atoms with Gasteiger partial charge >= 0.3 is 0 Å². The quantitative estimate of drug-likeness (QED) is 0.309. The van der Waals surface area contributed by atoms with Crippen molar-refractivity contribution in [3.8, 4) is 28.4 Å². The van der Waals surface area contributed by atoms with Gasteiger partial charge in [-0.2, -0.15) is 5.10 Å². The van der Waals surface area contributed by atoms with Gasteiger partial charge in [0.15, 0.2) is 11.6 Å². The summed E-state index contributed by atoms with van der Waals surface area (Å²) < 4.78 is 15.5. The SMILES string of the molecule is CCc1cc(O)ccc1-c1ccc2c(-c3ncc(C4=CCN(C[C@@H](C)CO)CC4)[nH]3)[nH]nc2c1F. The van der Waals surface area contributed by atoms with E-state index in [9.17, 15) is 10.2 Å². The van der Waals surface area contributed by atoms with Crippen LogP contribution in [0.4, 0.5) is 4.39 Å². The van der Waals surface area contributed by atoms with Crippen LogP contribution < -0.4 is 0 Å². The van der Waals surface area contributed by atoms with Crippen molar-refractivity contribution in [2.24, 2.45) is 5.92 Å². The van der Waals surface area contributed by atoms with Crippen LogP contribution in [-0.4, -0.2) is 61.5 Å². The molecular weight excluding hydrogens is 445 g/mol. The second-order valence-corrected chi connectivity index (χ2v) is 9.29. The van der Waals surface area contributed by atoms with E-state index >= 15 is 4.39 Å². The summed E-state index contributed by atoms with van der Waals surface area (Å²) in [6.07, 6.45) is 5.59. The van der Waals surface area contributed by atoms with Gasteiger partial charge in [-0.3, -0.25) is 10.00 Å².